The van der Waals surface area contributed by atoms with Crippen molar-refractivity contribution >= 4 is 29.3 Å². The summed E-state index contributed by atoms with van der Waals surface area (Å²) in [5.41, 5.74) is 1.70. The molecule has 0 saturated heterocycles. The quantitative estimate of drug-likeness (QED) is 0.805. The first-order valence-corrected chi connectivity index (χ1v) is 8.48. The van der Waals surface area contributed by atoms with Crippen molar-refractivity contribution in [1.29, 1.82) is 0 Å². The number of ether oxygens (including phenoxy) is 1. The first-order valence-electron chi connectivity index (χ1n) is 8.48. The number of rotatable bonds is 2. The highest BCUT2D eigenvalue weighted by atomic mass is 16.6. The molecule has 1 aromatic carbocycles. The van der Waals surface area contributed by atoms with Gasteiger partial charge in [0, 0.05) is 18.3 Å². The second-order valence-corrected chi connectivity index (χ2v) is 7.43. The number of benzene rings is 1. The van der Waals surface area contributed by atoms with Crippen LogP contribution in [0.2, 0.25) is 0 Å². The molecular weight excluding hydrogens is 322 g/mol. The molecule has 1 aliphatic heterocycles. The molecule has 2 aliphatic rings. The first kappa shape index (κ1) is 17.3. The molecule has 1 fully saturated rings. The van der Waals surface area contributed by atoms with E-state index in [0.29, 0.717) is 18.7 Å². The number of nitrogens with zero attached hydrogens (tertiary/aromatic N) is 1. The van der Waals surface area contributed by atoms with Crippen molar-refractivity contribution in [3.63, 3.8) is 0 Å². The maximum Gasteiger partial charge on any atom is 0.414 e. The second-order valence-electron chi connectivity index (χ2n) is 7.43. The Morgan fingerprint density at radius 1 is 1.16 bits per heavy atom. The number of nitrogens with one attached hydrogen (secondary N) is 2. The molecule has 25 heavy (non-hydrogen) atoms. The van der Waals surface area contributed by atoms with E-state index in [1.165, 1.54) is 0 Å². The third kappa shape index (κ3) is 4.29. The molecule has 0 spiro atoms. The van der Waals surface area contributed by atoms with Crippen LogP contribution in [0.4, 0.5) is 16.2 Å². The fourth-order valence-corrected chi connectivity index (χ4v) is 2.65. The topological polar surface area (TPSA) is 87.7 Å². The SMILES string of the molecule is CC(C)(C)OC(=O)N1CCc2cc(NC(=O)C(=O)NC3CC3)ccc21. The lowest BCUT2D eigenvalue weighted by atomic mass is 10.1. The average molecular weight is 345 g/mol. The summed E-state index contributed by atoms with van der Waals surface area (Å²) in [6.45, 7) is 6.01. The number of hydrogen-bond donors (Lipinski definition) is 2. The van der Waals surface area contributed by atoms with E-state index in [1.54, 1.807) is 23.1 Å². The fraction of sp³-hybridized carbons (Fsp3) is 0.500. The van der Waals surface area contributed by atoms with Crippen LogP contribution in [-0.4, -0.2) is 36.1 Å². The van der Waals surface area contributed by atoms with Gasteiger partial charge >= 0.3 is 17.9 Å². The molecule has 1 aromatic rings. The van der Waals surface area contributed by atoms with Gasteiger partial charge in [0.1, 0.15) is 5.60 Å². The van der Waals surface area contributed by atoms with E-state index in [-0.39, 0.29) is 12.1 Å². The zero-order chi connectivity index (χ0) is 18.2. The molecule has 0 aromatic heterocycles. The van der Waals surface area contributed by atoms with Gasteiger partial charge in [-0.1, -0.05) is 0 Å². The van der Waals surface area contributed by atoms with Crippen molar-refractivity contribution < 1.29 is 19.1 Å². The lowest BCUT2D eigenvalue weighted by Gasteiger charge is -2.24. The third-order valence-electron chi connectivity index (χ3n) is 3.97. The van der Waals surface area contributed by atoms with E-state index in [2.05, 4.69) is 10.6 Å². The highest BCUT2D eigenvalue weighted by Crippen LogP contribution is 2.31. The molecule has 3 rings (SSSR count). The van der Waals surface area contributed by atoms with Crippen LogP contribution >= 0.6 is 0 Å². The Balaban J connectivity index is 1.65. The van der Waals surface area contributed by atoms with Gasteiger partial charge < -0.3 is 15.4 Å². The van der Waals surface area contributed by atoms with E-state index in [9.17, 15) is 14.4 Å². The molecule has 1 saturated carbocycles. The lowest BCUT2D eigenvalue weighted by Crippen LogP contribution is -2.36. The monoisotopic (exact) mass is 345 g/mol. The number of fused-ring (bicyclic) bond motifs is 1. The molecular formula is C18H23N3O4. The zero-order valence-electron chi connectivity index (χ0n) is 14.7. The molecule has 1 aliphatic carbocycles. The highest BCUT2D eigenvalue weighted by molar-refractivity contribution is 6.39. The summed E-state index contributed by atoms with van der Waals surface area (Å²) >= 11 is 0. The van der Waals surface area contributed by atoms with Gasteiger partial charge in [0.25, 0.3) is 0 Å². The van der Waals surface area contributed by atoms with Gasteiger partial charge in [-0.3, -0.25) is 14.5 Å². The molecule has 1 heterocycles. The van der Waals surface area contributed by atoms with Crippen molar-refractivity contribution in [3.8, 4) is 0 Å². The van der Waals surface area contributed by atoms with Crippen LogP contribution in [0.5, 0.6) is 0 Å². The summed E-state index contributed by atoms with van der Waals surface area (Å²) in [7, 11) is 0. The van der Waals surface area contributed by atoms with Crippen molar-refractivity contribution in [3.05, 3.63) is 23.8 Å². The Morgan fingerprint density at radius 3 is 2.52 bits per heavy atom. The maximum atomic E-state index is 12.3. The van der Waals surface area contributed by atoms with Crippen LogP contribution in [0.1, 0.15) is 39.2 Å². The second kappa shape index (κ2) is 6.38. The summed E-state index contributed by atoms with van der Waals surface area (Å²) in [5.74, 6) is -1.28. The minimum Gasteiger partial charge on any atom is -0.443 e. The van der Waals surface area contributed by atoms with Crippen LogP contribution in [0, 0.1) is 0 Å². The van der Waals surface area contributed by atoms with Gasteiger partial charge in [-0.05, 0) is 63.8 Å². The van der Waals surface area contributed by atoms with E-state index < -0.39 is 17.4 Å². The molecule has 134 valence electrons. The zero-order valence-corrected chi connectivity index (χ0v) is 14.7. The molecule has 0 unspecified atom stereocenters. The Morgan fingerprint density at radius 2 is 1.88 bits per heavy atom. The lowest BCUT2D eigenvalue weighted by molar-refractivity contribution is -0.136. The normalized spacial score (nSPS) is 16.2. The predicted octanol–water partition coefficient (Wildman–Crippen LogP) is 2.20. The van der Waals surface area contributed by atoms with Crippen LogP contribution in [-0.2, 0) is 20.7 Å². The van der Waals surface area contributed by atoms with Crippen molar-refractivity contribution in [1.82, 2.24) is 5.32 Å². The van der Waals surface area contributed by atoms with Crippen LogP contribution in [0.25, 0.3) is 0 Å². The van der Waals surface area contributed by atoms with Gasteiger partial charge in [-0.15, -0.1) is 0 Å². The van der Waals surface area contributed by atoms with Gasteiger partial charge in [0.2, 0.25) is 0 Å². The predicted molar refractivity (Wildman–Crippen MR) is 93.5 cm³/mol. The Bertz CT molecular complexity index is 720. The van der Waals surface area contributed by atoms with Crippen molar-refractivity contribution in [2.75, 3.05) is 16.8 Å². The standard InChI is InChI=1S/C18H23N3O4/c1-18(2,3)25-17(24)21-9-8-11-10-13(6-7-14(11)21)20-16(23)15(22)19-12-4-5-12/h6-7,10,12H,4-5,8-9H2,1-3H3,(H,19,22)(H,20,23). The number of hydrogen-bond acceptors (Lipinski definition) is 4. The highest BCUT2D eigenvalue weighted by Gasteiger charge is 2.30. The minimum absolute atomic E-state index is 0.139. The summed E-state index contributed by atoms with van der Waals surface area (Å²) in [5, 5.41) is 5.25. The summed E-state index contributed by atoms with van der Waals surface area (Å²) in [6.07, 6.45) is 2.15. The molecule has 7 nitrogen and oxygen atoms in total. The van der Waals surface area contributed by atoms with Gasteiger partial charge in [-0.2, -0.15) is 0 Å². The molecule has 0 atom stereocenters. The van der Waals surface area contributed by atoms with Gasteiger partial charge in [0.05, 0.1) is 5.69 Å². The van der Waals surface area contributed by atoms with Crippen LogP contribution in [0.15, 0.2) is 18.2 Å². The molecule has 0 bridgehead atoms. The molecule has 7 heteroatoms. The summed E-state index contributed by atoms with van der Waals surface area (Å²) in [4.78, 5) is 37.5. The van der Waals surface area contributed by atoms with E-state index >= 15 is 0 Å². The van der Waals surface area contributed by atoms with Crippen molar-refractivity contribution in [2.24, 2.45) is 0 Å². The first-order chi connectivity index (χ1) is 11.7. The van der Waals surface area contributed by atoms with E-state index in [1.807, 2.05) is 20.8 Å². The fourth-order valence-electron chi connectivity index (χ4n) is 2.65. The molecule has 0 radical (unpaired) electrons. The molecule has 3 amide bonds. The van der Waals surface area contributed by atoms with Crippen LogP contribution in [0.3, 0.4) is 0 Å². The minimum atomic E-state index is -0.672. The number of carbonyl (C=O) groups excluding carboxylic acids is 3. The summed E-state index contributed by atoms with van der Waals surface area (Å²) in [6, 6.07) is 5.38. The van der Waals surface area contributed by atoms with E-state index in [0.717, 1.165) is 24.1 Å². The van der Waals surface area contributed by atoms with E-state index in [4.69, 9.17) is 4.74 Å². The Labute approximate surface area is 146 Å². The molecule has 2 N–H and O–H groups in total. The largest absolute Gasteiger partial charge is 0.443 e. The average Bonchev–Trinajstić information content (AvgIpc) is 3.21. The van der Waals surface area contributed by atoms with Crippen LogP contribution < -0.4 is 15.5 Å². The van der Waals surface area contributed by atoms with Gasteiger partial charge in [0.15, 0.2) is 0 Å². The number of carbonyl (C=O) groups is 3. The third-order valence-corrected chi connectivity index (χ3v) is 3.97. The summed E-state index contributed by atoms with van der Waals surface area (Å²) < 4.78 is 5.41. The number of anilines is 2. The Hall–Kier alpha value is -2.57. The maximum absolute atomic E-state index is 12.3. The Kier molecular flexibility index (Phi) is 4.41. The smallest absolute Gasteiger partial charge is 0.414 e. The van der Waals surface area contributed by atoms with Crippen molar-refractivity contribution in [2.45, 2.75) is 51.7 Å². The number of amides is 3. The van der Waals surface area contributed by atoms with Gasteiger partial charge in [-0.25, -0.2) is 4.79 Å².